The summed E-state index contributed by atoms with van der Waals surface area (Å²) < 4.78 is 6.84. The van der Waals surface area contributed by atoms with Gasteiger partial charge in [0.05, 0.1) is 18.7 Å². The molecule has 5 nitrogen and oxygen atoms in total. The number of pyridine rings is 1. The van der Waals surface area contributed by atoms with Crippen LogP contribution in [0.25, 0.3) is 5.65 Å². The van der Waals surface area contributed by atoms with Crippen molar-refractivity contribution in [3.8, 4) is 0 Å². The number of rotatable bonds is 4. The van der Waals surface area contributed by atoms with Gasteiger partial charge in [0, 0.05) is 24.0 Å². The van der Waals surface area contributed by atoms with E-state index in [1.165, 1.54) is 0 Å². The average Bonchev–Trinajstić information content (AvgIpc) is 2.64. The number of nitrogens with two attached hydrogens (primary N) is 1. The van der Waals surface area contributed by atoms with Gasteiger partial charge in [0.25, 0.3) is 0 Å². The van der Waals surface area contributed by atoms with Gasteiger partial charge >= 0.3 is 5.97 Å². The van der Waals surface area contributed by atoms with E-state index >= 15 is 0 Å². The summed E-state index contributed by atoms with van der Waals surface area (Å²) in [7, 11) is 0. The van der Waals surface area contributed by atoms with Crippen LogP contribution in [0.15, 0.2) is 18.3 Å². The molecular weight excluding hydrogens is 230 g/mol. The van der Waals surface area contributed by atoms with Crippen molar-refractivity contribution < 1.29 is 9.53 Å². The third-order valence-electron chi connectivity index (χ3n) is 2.85. The van der Waals surface area contributed by atoms with Crippen LogP contribution in [0.1, 0.15) is 24.7 Å². The lowest BCUT2D eigenvalue weighted by Gasteiger charge is -2.01. The molecule has 0 aliphatic carbocycles. The first-order chi connectivity index (χ1) is 8.61. The zero-order chi connectivity index (χ0) is 13.1. The summed E-state index contributed by atoms with van der Waals surface area (Å²) in [6, 6.07) is 3.69. The van der Waals surface area contributed by atoms with Crippen molar-refractivity contribution >= 4 is 17.3 Å². The van der Waals surface area contributed by atoms with E-state index in [0.29, 0.717) is 25.1 Å². The summed E-state index contributed by atoms with van der Waals surface area (Å²) in [5.41, 5.74) is 9.21. The average molecular weight is 247 g/mol. The fourth-order valence-corrected chi connectivity index (χ4v) is 1.92. The van der Waals surface area contributed by atoms with Crippen molar-refractivity contribution in [2.24, 2.45) is 0 Å². The van der Waals surface area contributed by atoms with Crippen LogP contribution in [-0.4, -0.2) is 22.0 Å². The maximum Gasteiger partial charge on any atom is 0.306 e. The van der Waals surface area contributed by atoms with Gasteiger partial charge in [0.2, 0.25) is 0 Å². The van der Waals surface area contributed by atoms with Crippen LogP contribution in [0.5, 0.6) is 0 Å². The molecule has 0 bridgehead atoms. The molecule has 2 aromatic rings. The summed E-state index contributed by atoms with van der Waals surface area (Å²) >= 11 is 0. The van der Waals surface area contributed by atoms with Gasteiger partial charge in [0.1, 0.15) is 5.65 Å². The van der Waals surface area contributed by atoms with Crippen LogP contribution in [-0.2, 0) is 16.0 Å². The minimum Gasteiger partial charge on any atom is -0.466 e. The molecule has 0 saturated carbocycles. The van der Waals surface area contributed by atoms with E-state index in [1.54, 1.807) is 6.92 Å². The summed E-state index contributed by atoms with van der Waals surface area (Å²) in [4.78, 5) is 15.8. The SMILES string of the molecule is CCOC(=O)CCc1nc2ccc(N)cn2c1C. The zero-order valence-electron chi connectivity index (χ0n) is 10.6. The fourth-order valence-electron chi connectivity index (χ4n) is 1.92. The number of carbonyl (C=O) groups excluding carboxylic acids is 1. The zero-order valence-corrected chi connectivity index (χ0v) is 10.6. The second-order valence-electron chi connectivity index (χ2n) is 4.14. The van der Waals surface area contributed by atoms with E-state index < -0.39 is 0 Å². The highest BCUT2D eigenvalue weighted by Crippen LogP contribution is 2.15. The minimum absolute atomic E-state index is 0.187. The second-order valence-corrected chi connectivity index (χ2v) is 4.14. The number of anilines is 1. The first-order valence-corrected chi connectivity index (χ1v) is 6.00. The van der Waals surface area contributed by atoms with Crippen molar-refractivity contribution in [3.05, 3.63) is 29.7 Å². The van der Waals surface area contributed by atoms with Gasteiger partial charge in [-0.25, -0.2) is 4.98 Å². The standard InChI is InChI=1S/C13H17N3O2/c1-3-18-13(17)7-5-11-9(2)16-8-10(14)4-6-12(16)15-11/h4,6,8H,3,5,7,14H2,1-2H3. The van der Waals surface area contributed by atoms with Crippen LogP contribution in [0.4, 0.5) is 5.69 Å². The summed E-state index contributed by atoms with van der Waals surface area (Å²) in [6.07, 6.45) is 2.78. The van der Waals surface area contributed by atoms with E-state index in [4.69, 9.17) is 10.5 Å². The molecular formula is C13H17N3O2. The maximum atomic E-state index is 11.3. The Morgan fingerprint density at radius 3 is 3.00 bits per heavy atom. The van der Waals surface area contributed by atoms with Crippen molar-refractivity contribution in [3.63, 3.8) is 0 Å². The lowest BCUT2D eigenvalue weighted by atomic mass is 10.2. The number of fused-ring (bicyclic) bond motifs is 1. The molecule has 0 aromatic carbocycles. The Bertz CT molecular complexity index is 575. The van der Waals surface area contributed by atoms with Gasteiger partial charge in [-0.3, -0.25) is 4.79 Å². The van der Waals surface area contributed by atoms with Gasteiger partial charge in [-0.2, -0.15) is 0 Å². The Hall–Kier alpha value is -2.04. The quantitative estimate of drug-likeness (QED) is 0.835. The number of hydrogen-bond donors (Lipinski definition) is 1. The molecule has 0 atom stereocenters. The number of nitrogens with zero attached hydrogens (tertiary/aromatic N) is 2. The van der Waals surface area contributed by atoms with Crippen molar-refractivity contribution in [1.29, 1.82) is 0 Å². The molecule has 0 spiro atoms. The van der Waals surface area contributed by atoms with Gasteiger partial charge in [-0.15, -0.1) is 0 Å². The van der Waals surface area contributed by atoms with Gasteiger partial charge in [-0.05, 0) is 26.0 Å². The Balaban J connectivity index is 2.19. The van der Waals surface area contributed by atoms with E-state index in [-0.39, 0.29) is 5.97 Å². The Morgan fingerprint density at radius 2 is 2.28 bits per heavy atom. The third-order valence-corrected chi connectivity index (χ3v) is 2.85. The first-order valence-electron chi connectivity index (χ1n) is 6.00. The lowest BCUT2D eigenvalue weighted by Crippen LogP contribution is -2.05. The summed E-state index contributed by atoms with van der Waals surface area (Å²) in [6.45, 7) is 4.19. The summed E-state index contributed by atoms with van der Waals surface area (Å²) in [5.74, 6) is -0.187. The van der Waals surface area contributed by atoms with E-state index in [0.717, 1.165) is 17.0 Å². The molecule has 0 unspecified atom stereocenters. The van der Waals surface area contributed by atoms with E-state index in [2.05, 4.69) is 4.98 Å². The van der Waals surface area contributed by atoms with Crippen molar-refractivity contribution in [2.75, 3.05) is 12.3 Å². The molecule has 5 heteroatoms. The number of esters is 1. The molecule has 2 aromatic heterocycles. The highest BCUT2D eigenvalue weighted by atomic mass is 16.5. The molecule has 0 aliphatic heterocycles. The third kappa shape index (κ3) is 2.45. The molecule has 0 saturated heterocycles. The van der Waals surface area contributed by atoms with Crippen molar-refractivity contribution in [1.82, 2.24) is 9.38 Å². The number of imidazole rings is 1. The molecule has 0 amide bonds. The largest absolute Gasteiger partial charge is 0.466 e. The highest BCUT2D eigenvalue weighted by Gasteiger charge is 2.10. The number of aromatic nitrogens is 2. The van der Waals surface area contributed by atoms with Crippen molar-refractivity contribution in [2.45, 2.75) is 26.7 Å². The molecule has 18 heavy (non-hydrogen) atoms. The topological polar surface area (TPSA) is 69.6 Å². The van der Waals surface area contributed by atoms with Crippen LogP contribution in [0.2, 0.25) is 0 Å². The van der Waals surface area contributed by atoms with Crippen LogP contribution >= 0.6 is 0 Å². The van der Waals surface area contributed by atoms with Gasteiger partial charge < -0.3 is 14.9 Å². The fraction of sp³-hybridized carbons (Fsp3) is 0.385. The number of nitrogen functional groups attached to an aromatic ring is 1. The monoisotopic (exact) mass is 247 g/mol. The highest BCUT2D eigenvalue weighted by molar-refractivity contribution is 5.69. The van der Waals surface area contributed by atoms with Gasteiger partial charge in [0.15, 0.2) is 0 Å². The van der Waals surface area contributed by atoms with E-state index in [9.17, 15) is 4.79 Å². The Kier molecular flexibility index (Phi) is 3.50. The van der Waals surface area contributed by atoms with Crippen LogP contribution in [0, 0.1) is 6.92 Å². The predicted octanol–water partition coefficient (Wildman–Crippen LogP) is 1.72. The first kappa shape index (κ1) is 12.4. The Morgan fingerprint density at radius 1 is 1.50 bits per heavy atom. The molecule has 2 N–H and O–H groups in total. The Labute approximate surface area is 106 Å². The van der Waals surface area contributed by atoms with E-state index in [1.807, 2.05) is 29.7 Å². The normalized spacial score (nSPS) is 10.8. The maximum absolute atomic E-state index is 11.3. The molecule has 0 aliphatic rings. The number of carbonyl (C=O) groups is 1. The van der Waals surface area contributed by atoms with Crippen LogP contribution < -0.4 is 5.73 Å². The predicted molar refractivity (Wildman–Crippen MR) is 69.3 cm³/mol. The number of hydrogen-bond acceptors (Lipinski definition) is 4. The second kappa shape index (κ2) is 5.08. The smallest absolute Gasteiger partial charge is 0.306 e. The lowest BCUT2D eigenvalue weighted by molar-refractivity contribution is -0.143. The molecule has 0 radical (unpaired) electrons. The molecule has 2 rings (SSSR count). The summed E-state index contributed by atoms with van der Waals surface area (Å²) in [5, 5.41) is 0. The molecule has 2 heterocycles. The number of ether oxygens (including phenoxy) is 1. The van der Waals surface area contributed by atoms with Crippen LogP contribution in [0.3, 0.4) is 0 Å². The number of aryl methyl sites for hydroxylation is 2. The van der Waals surface area contributed by atoms with Gasteiger partial charge in [-0.1, -0.05) is 0 Å². The molecule has 0 fully saturated rings. The minimum atomic E-state index is -0.187. The molecule has 96 valence electrons.